The van der Waals surface area contributed by atoms with Crippen LogP contribution in [0.2, 0.25) is 0 Å². The second-order valence-corrected chi connectivity index (χ2v) is 17.4. The molecule has 1 aromatic carbocycles. The average molecular weight is 831 g/mol. The topological polar surface area (TPSA) is 126 Å². The van der Waals surface area contributed by atoms with E-state index in [-0.39, 0.29) is 58.8 Å². The van der Waals surface area contributed by atoms with Gasteiger partial charge in [0.2, 0.25) is 35.7 Å². The van der Waals surface area contributed by atoms with Gasteiger partial charge in [-0.1, -0.05) is 13.8 Å². The molecule has 2 spiro atoms. The molecule has 11 rings (SSSR count). The quantitative estimate of drug-likeness (QED) is 0.156. The van der Waals surface area contributed by atoms with Gasteiger partial charge < -0.3 is 28.4 Å². The summed E-state index contributed by atoms with van der Waals surface area (Å²) in [6, 6.07) is 4.81. The number of halogens is 6. The Hall–Kier alpha value is -3.42. The van der Waals surface area contributed by atoms with Crippen molar-refractivity contribution in [2.45, 2.75) is 127 Å². The summed E-state index contributed by atoms with van der Waals surface area (Å²) in [6.07, 6.45) is -9.08. The molecular weight excluding hydrogens is 786 g/mol. The van der Waals surface area contributed by atoms with Crippen molar-refractivity contribution in [3.8, 4) is 0 Å². The minimum atomic E-state index is -4.94. The molecule has 2 aliphatic carbocycles. The Balaban J connectivity index is 0.913. The highest BCUT2D eigenvalue weighted by Gasteiger charge is 2.72. The van der Waals surface area contributed by atoms with Crippen LogP contribution in [0.15, 0.2) is 46.9 Å². The Bertz CT molecular complexity index is 1780. The maximum atomic E-state index is 14.6. The molecule has 318 valence electrons. The summed E-state index contributed by atoms with van der Waals surface area (Å²) in [5.74, 6) is -9.40. The predicted octanol–water partition coefficient (Wildman–Crippen LogP) is 8.12. The molecule has 12 atom stereocenters. The molecule has 0 amide bonds. The van der Waals surface area contributed by atoms with Crippen LogP contribution in [0, 0.1) is 35.5 Å². The third-order valence-electron chi connectivity index (χ3n) is 13.9. The van der Waals surface area contributed by atoms with E-state index in [0.717, 1.165) is 0 Å². The maximum Gasteiger partial charge on any atom is 0.449 e. The molecule has 0 radical (unpaired) electrons. The first-order chi connectivity index (χ1) is 27.3. The molecule has 8 fully saturated rings. The fourth-order valence-corrected chi connectivity index (χ4v) is 11.0. The minimum Gasteiger partial charge on any atom is -0.457 e. The standard InChI is InChI=1S/C40H44F6O12/c1-19-5-11-27-23(29(39(41,42)43)51-33-37(27)25(19)13-15-35(3,53-33)55-57-37)17-49-31(47)21-7-9-22(10-8-21)32(48)50-18-24-28-12-6-20(2)26-14-16-36(4)54-34(38(26,28)58-56-36)52-30(24)40(44,45)46/h7-10,19-20,25-28,33-34H,5-6,11-18H2,1-4H3/t19-,20-,25+,26+,27+,28+,33-,34-,35+,36+,37-,38-/m1/s1. The minimum absolute atomic E-state index is 0.0600. The van der Waals surface area contributed by atoms with Crippen molar-refractivity contribution >= 4 is 11.9 Å². The van der Waals surface area contributed by atoms with E-state index in [4.69, 9.17) is 48.0 Å². The van der Waals surface area contributed by atoms with Crippen LogP contribution < -0.4 is 0 Å². The second-order valence-electron chi connectivity index (χ2n) is 17.4. The fraction of sp³-hybridized carbons (Fsp3) is 0.700. The number of hydrogen-bond donors (Lipinski definition) is 0. The van der Waals surface area contributed by atoms with E-state index in [9.17, 15) is 35.9 Å². The van der Waals surface area contributed by atoms with Gasteiger partial charge in [-0.3, -0.25) is 0 Å². The van der Waals surface area contributed by atoms with Gasteiger partial charge >= 0.3 is 24.3 Å². The maximum absolute atomic E-state index is 14.6. The summed E-state index contributed by atoms with van der Waals surface area (Å²) in [5.41, 5.74) is -3.61. The van der Waals surface area contributed by atoms with Gasteiger partial charge in [-0.25, -0.2) is 29.1 Å². The van der Waals surface area contributed by atoms with Gasteiger partial charge in [-0.2, -0.15) is 26.3 Å². The van der Waals surface area contributed by atoms with Crippen LogP contribution in [0.5, 0.6) is 0 Å². The number of alkyl halides is 6. The molecule has 2 saturated carbocycles. The molecule has 1 aromatic rings. The lowest BCUT2D eigenvalue weighted by Crippen LogP contribution is -2.67. The normalized spacial score (nSPS) is 41.7. The van der Waals surface area contributed by atoms with Crippen molar-refractivity contribution in [2.75, 3.05) is 13.2 Å². The van der Waals surface area contributed by atoms with Crippen LogP contribution in [-0.2, 0) is 48.0 Å². The number of carbonyl (C=O) groups excluding carboxylic acids is 2. The molecule has 4 bridgehead atoms. The van der Waals surface area contributed by atoms with Gasteiger partial charge in [0, 0.05) is 47.7 Å². The van der Waals surface area contributed by atoms with Crippen LogP contribution in [0.1, 0.15) is 99.8 Å². The lowest BCUT2D eigenvalue weighted by molar-refractivity contribution is -0.558. The smallest absolute Gasteiger partial charge is 0.449 e. The number of fused-ring (bicyclic) bond motifs is 4. The molecule has 58 heavy (non-hydrogen) atoms. The number of rotatable bonds is 6. The van der Waals surface area contributed by atoms with Gasteiger partial charge in [0.05, 0.1) is 11.1 Å². The van der Waals surface area contributed by atoms with Crippen molar-refractivity contribution in [2.24, 2.45) is 35.5 Å². The first-order valence-corrected chi connectivity index (χ1v) is 19.8. The number of ether oxygens (including phenoxy) is 6. The van der Waals surface area contributed by atoms with Crippen LogP contribution in [-0.4, -0.2) is 72.9 Å². The molecular formula is C40H44F6O12. The Morgan fingerprint density at radius 2 is 1.00 bits per heavy atom. The predicted molar refractivity (Wildman–Crippen MR) is 181 cm³/mol. The van der Waals surface area contributed by atoms with Crippen molar-refractivity contribution in [1.82, 2.24) is 0 Å². The Morgan fingerprint density at radius 1 is 0.621 bits per heavy atom. The van der Waals surface area contributed by atoms with E-state index in [0.29, 0.717) is 38.5 Å². The molecule has 0 N–H and O–H groups in total. The van der Waals surface area contributed by atoms with E-state index in [1.54, 1.807) is 13.8 Å². The third kappa shape index (κ3) is 6.17. The van der Waals surface area contributed by atoms with E-state index in [1.807, 2.05) is 13.8 Å². The SMILES string of the molecule is C[C@@H]1CC[C@H]2C(COC(=O)c3ccc(C(=O)OCC4=C(C(F)(F)F)O[C@@H]5O[C@]6(C)CC[C@H]7[C@H](C)CC[C@@H]4[C@@]57OO6)cc3)=C(C(F)(F)F)O[C@@H]3O[C@]4(C)CC[C@@H]1[C@]32OO4. The fourth-order valence-electron chi connectivity index (χ4n) is 11.0. The van der Waals surface area contributed by atoms with Gasteiger partial charge in [0.1, 0.15) is 13.2 Å². The van der Waals surface area contributed by atoms with E-state index < -0.39 is 96.2 Å². The zero-order chi connectivity index (χ0) is 41.2. The third-order valence-corrected chi connectivity index (χ3v) is 13.9. The molecule has 10 aliphatic rings. The largest absolute Gasteiger partial charge is 0.457 e. The summed E-state index contributed by atoms with van der Waals surface area (Å²) in [4.78, 5) is 49.8. The Labute approximate surface area is 329 Å². The first kappa shape index (κ1) is 40.0. The average Bonchev–Trinajstić information content (AvgIpc) is 3.55. The van der Waals surface area contributed by atoms with Gasteiger partial charge in [0.15, 0.2) is 11.2 Å². The van der Waals surface area contributed by atoms with Crippen molar-refractivity contribution in [1.29, 1.82) is 0 Å². The molecule has 8 aliphatic heterocycles. The van der Waals surface area contributed by atoms with Gasteiger partial charge in [0.25, 0.3) is 0 Å². The van der Waals surface area contributed by atoms with E-state index in [1.165, 1.54) is 24.3 Å². The summed E-state index contributed by atoms with van der Waals surface area (Å²) in [6.45, 7) is 5.63. The molecule has 8 heterocycles. The molecule has 0 unspecified atom stereocenters. The van der Waals surface area contributed by atoms with Gasteiger partial charge in [-0.05, 0) is 88.5 Å². The Kier molecular flexibility index (Phi) is 9.34. The van der Waals surface area contributed by atoms with E-state index >= 15 is 0 Å². The highest BCUT2D eigenvalue weighted by molar-refractivity contribution is 5.93. The summed E-state index contributed by atoms with van der Waals surface area (Å²) in [7, 11) is 0. The summed E-state index contributed by atoms with van der Waals surface area (Å²) < 4.78 is 121. The number of carbonyl (C=O) groups is 2. The first-order valence-electron chi connectivity index (χ1n) is 19.8. The molecule has 0 aromatic heterocycles. The number of benzene rings is 1. The number of allylic oxidation sites excluding steroid dienone is 2. The number of esters is 2. The lowest BCUT2D eigenvalue weighted by Gasteiger charge is -2.57. The zero-order valence-corrected chi connectivity index (χ0v) is 32.2. The summed E-state index contributed by atoms with van der Waals surface area (Å²) in [5, 5.41) is 0. The molecule has 6 saturated heterocycles. The van der Waals surface area contributed by atoms with Crippen LogP contribution in [0.25, 0.3) is 0 Å². The lowest BCUT2D eigenvalue weighted by atomic mass is 9.59. The van der Waals surface area contributed by atoms with Crippen LogP contribution in [0.3, 0.4) is 0 Å². The van der Waals surface area contributed by atoms with Crippen molar-refractivity contribution in [3.63, 3.8) is 0 Å². The number of hydrogen-bond acceptors (Lipinski definition) is 12. The van der Waals surface area contributed by atoms with Crippen molar-refractivity contribution < 1.29 is 83.9 Å². The van der Waals surface area contributed by atoms with Crippen molar-refractivity contribution in [3.05, 3.63) is 58.1 Å². The van der Waals surface area contributed by atoms with E-state index in [2.05, 4.69) is 0 Å². The Morgan fingerprint density at radius 3 is 1.36 bits per heavy atom. The second kappa shape index (κ2) is 13.5. The van der Waals surface area contributed by atoms with Gasteiger partial charge in [-0.15, -0.1) is 0 Å². The zero-order valence-electron chi connectivity index (χ0n) is 32.2. The highest BCUT2D eigenvalue weighted by Crippen LogP contribution is 2.63. The summed E-state index contributed by atoms with van der Waals surface area (Å²) >= 11 is 0. The van der Waals surface area contributed by atoms with Crippen LogP contribution >= 0.6 is 0 Å². The molecule has 12 nitrogen and oxygen atoms in total. The monoisotopic (exact) mass is 830 g/mol. The van der Waals surface area contributed by atoms with Crippen LogP contribution in [0.4, 0.5) is 26.3 Å². The molecule has 18 heteroatoms. The highest BCUT2D eigenvalue weighted by atomic mass is 19.4.